The molecule has 3 aliphatic rings. The van der Waals surface area contributed by atoms with Crippen molar-refractivity contribution in [1.29, 1.82) is 0 Å². The third-order valence-electron chi connectivity index (χ3n) is 5.96. The highest BCUT2D eigenvalue weighted by Gasteiger charge is 2.44. The minimum Gasteiger partial charge on any atom is -0.309 e. The highest BCUT2D eigenvalue weighted by molar-refractivity contribution is 5.32. The van der Waals surface area contributed by atoms with Gasteiger partial charge in [0, 0.05) is 31.7 Å². The maximum atomic E-state index is 3.80. The van der Waals surface area contributed by atoms with E-state index in [2.05, 4.69) is 41.4 Å². The summed E-state index contributed by atoms with van der Waals surface area (Å²) in [5.74, 6) is 1.69. The van der Waals surface area contributed by atoms with Crippen molar-refractivity contribution in [2.45, 2.75) is 50.5 Å². The fourth-order valence-corrected chi connectivity index (χ4v) is 4.60. The Kier molecular flexibility index (Phi) is 3.55. The molecule has 1 aliphatic heterocycles. The molecule has 0 radical (unpaired) electrons. The van der Waals surface area contributed by atoms with Crippen LogP contribution in [0.2, 0.25) is 0 Å². The molecule has 1 saturated heterocycles. The molecule has 0 aromatic heterocycles. The molecule has 2 atom stereocenters. The highest BCUT2D eigenvalue weighted by Crippen LogP contribution is 2.41. The van der Waals surface area contributed by atoms with E-state index in [0.717, 1.165) is 11.8 Å². The molecule has 1 N–H and O–H groups in total. The lowest BCUT2D eigenvalue weighted by Gasteiger charge is -2.43. The third-order valence-corrected chi connectivity index (χ3v) is 5.96. The quantitative estimate of drug-likeness (QED) is 0.917. The van der Waals surface area contributed by atoms with E-state index in [4.69, 9.17) is 0 Å². The second-order valence-electron chi connectivity index (χ2n) is 7.64. The molecule has 1 saturated carbocycles. The summed E-state index contributed by atoms with van der Waals surface area (Å²) in [6.07, 6.45) is 6.90. The van der Waals surface area contributed by atoms with Gasteiger partial charge in [0.15, 0.2) is 0 Å². The standard InChI is InChI=1S/C19H28N2/c1-19(17-9-10-17)14-21(12-11-20-19)13-16-7-4-6-15-5-2-3-8-18(15)16/h2-3,5,8,16-17,20H,4,6-7,9-14H2,1H3. The monoisotopic (exact) mass is 284 g/mol. The average molecular weight is 284 g/mol. The minimum absolute atomic E-state index is 0.381. The number of nitrogens with zero attached hydrogens (tertiary/aromatic N) is 1. The predicted molar refractivity (Wildman–Crippen MR) is 87.7 cm³/mol. The zero-order chi connectivity index (χ0) is 14.3. The van der Waals surface area contributed by atoms with Crippen LogP contribution in [-0.4, -0.2) is 36.6 Å². The molecule has 2 fully saturated rings. The van der Waals surface area contributed by atoms with E-state index in [0.29, 0.717) is 5.54 Å². The molecule has 0 amide bonds. The number of piperazine rings is 1. The van der Waals surface area contributed by atoms with Gasteiger partial charge in [-0.05, 0) is 62.0 Å². The zero-order valence-electron chi connectivity index (χ0n) is 13.3. The maximum absolute atomic E-state index is 3.80. The van der Waals surface area contributed by atoms with E-state index in [1.54, 1.807) is 11.1 Å². The summed E-state index contributed by atoms with van der Waals surface area (Å²) in [6.45, 7) is 7.35. The van der Waals surface area contributed by atoms with Gasteiger partial charge in [0.25, 0.3) is 0 Å². The Balaban J connectivity index is 1.46. The molecule has 114 valence electrons. The molecule has 2 nitrogen and oxygen atoms in total. The molecule has 0 bridgehead atoms. The summed E-state index contributed by atoms with van der Waals surface area (Å²) in [4.78, 5) is 2.74. The Hall–Kier alpha value is -0.860. The number of benzene rings is 1. The highest BCUT2D eigenvalue weighted by atomic mass is 15.2. The lowest BCUT2D eigenvalue weighted by atomic mass is 9.82. The van der Waals surface area contributed by atoms with Gasteiger partial charge in [-0.25, -0.2) is 0 Å². The molecule has 1 aromatic carbocycles. The van der Waals surface area contributed by atoms with Crippen molar-refractivity contribution < 1.29 is 0 Å². The van der Waals surface area contributed by atoms with Crippen molar-refractivity contribution in [1.82, 2.24) is 10.2 Å². The van der Waals surface area contributed by atoms with Crippen LogP contribution in [0.1, 0.15) is 49.7 Å². The van der Waals surface area contributed by atoms with E-state index in [1.165, 1.54) is 58.3 Å². The van der Waals surface area contributed by atoms with Gasteiger partial charge in [-0.1, -0.05) is 24.3 Å². The van der Waals surface area contributed by atoms with E-state index >= 15 is 0 Å². The number of hydrogen-bond acceptors (Lipinski definition) is 2. The van der Waals surface area contributed by atoms with Crippen LogP contribution in [-0.2, 0) is 6.42 Å². The van der Waals surface area contributed by atoms with Crippen LogP contribution >= 0.6 is 0 Å². The van der Waals surface area contributed by atoms with Crippen molar-refractivity contribution in [2.24, 2.45) is 5.92 Å². The SMILES string of the molecule is CC1(C2CC2)CN(CC2CCCc3ccccc32)CCN1. The van der Waals surface area contributed by atoms with Gasteiger partial charge in [0.05, 0.1) is 0 Å². The van der Waals surface area contributed by atoms with E-state index in [1.807, 2.05) is 0 Å². The Bertz CT molecular complexity index is 508. The van der Waals surface area contributed by atoms with Crippen LogP contribution in [0.15, 0.2) is 24.3 Å². The van der Waals surface area contributed by atoms with E-state index in [-0.39, 0.29) is 0 Å². The summed E-state index contributed by atoms with van der Waals surface area (Å²) in [6, 6.07) is 9.15. The molecule has 4 rings (SSSR count). The fraction of sp³-hybridized carbons (Fsp3) is 0.684. The Morgan fingerprint density at radius 2 is 2.10 bits per heavy atom. The molecule has 1 heterocycles. The average Bonchev–Trinajstić information content (AvgIpc) is 3.33. The third kappa shape index (κ3) is 2.76. The summed E-state index contributed by atoms with van der Waals surface area (Å²) in [5.41, 5.74) is 3.62. The van der Waals surface area contributed by atoms with Crippen LogP contribution in [0, 0.1) is 5.92 Å². The van der Waals surface area contributed by atoms with Crippen LogP contribution in [0.5, 0.6) is 0 Å². The lowest BCUT2D eigenvalue weighted by Crippen LogP contribution is -2.60. The maximum Gasteiger partial charge on any atom is 0.0309 e. The first-order valence-electron chi connectivity index (χ1n) is 8.80. The van der Waals surface area contributed by atoms with Crippen LogP contribution < -0.4 is 5.32 Å². The number of fused-ring (bicyclic) bond motifs is 1. The van der Waals surface area contributed by atoms with Crippen molar-refractivity contribution >= 4 is 0 Å². The number of nitrogens with one attached hydrogen (secondary N) is 1. The molecule has 2 heteroatoms. The first-order chi connectivity index (χ1) is 10.2. The number of rotatable bonds is 3. The van der Waals surface area contributed by atoms with Crippen molar-refractivity contribution in [3.8, 4) is 0 Å². The van der Waals surface area contributed by atoms with Gasteiger partial charge in [0.2, 0.25) is 0 Å². The second kappa shape index (κ2) is 5.40. The number of hydrogen-bond donors (Lipinski definition) is 1. The van der Waals surface area contributed by atoms with Crippen LogP contribution in [0.25, 0.3) is 0 Å². The molecule has 2 unspecified atom stereocenters. The molecule has 1 aromatic rings. The van der Waals surface area contributed by atoms with Crippen LogP contribution in [0.3, 0.4) is 0 Å². The van der Waals surface area contributed by atoms with Crippen molar-refractivity contribution in [3.05, 3.63) is 35.4 Å². The Morgan fingerprint density at radius 3 is 2.95 bits per heavy atom. The zero-order valence-corrected chi connectivity index (χ0v) is 13.3. The number of aryl methyl sites for hydroxylation is 1. The van der Waals surface area contributed by atoms with Gasteiger partial charge in [-0.3, -0.25) is 4.90 Å². The Labute approximate surface area is 128 Å². The summed E-state index contributed by atoms with van der Waals surface area (Å²) in [7, 11) is 0. The first-order valence-corrected chi connectivity index (χ1v) is 8.80. The Morgan fingerprint density at radius 1 is 1.24 bits per heavy atom. The van der Waals surface area contributed by atoms with Crippen molar-refractivity contribution in [2.75, 3.05) is 26.2 Å². The lowest BCUT2D eigenvalue weighted by molar-refractivity contribution is 0.119. The summed E-state index contributed by atoms with van der Waals surface area (Å²) >= 11 is 0. The molecule has 21 heavy (non-hydrogen) atoms. The van der Waals surface area contributed by atoms with E-state index in [9.17, 15) is 0 Å². The molecule has 0 spiro atoms. The van der Waals surface area contributed by atoms with E-state index < -0.39 is 0 Å². The second-order valence-corrected chi connectivity index (χ2v) is 7.64. The van der Waals surface area contributed by atoms with Gasteiger partial charge in [-0.15, -0.1) is 0 Å². The smallest absolute Gasteiger partial charge is 0.0309 e. The predicted octanol–water partition coefficient (Wildman–Crippen LogP) is 3.18. The van der Waals surface area contributed by atoms with Gasteiger partial charge < -0.3 is 5.32 Å². The summed E-state index contributed by atoms with van der Waals surface area (Å²) < 4.78 is 0. The molecule has 2 aliphatic carbocycles. The van der Waals surface area contributed by atoms with Gasteiger partial charge >= 0.3 is 0 Å². The van der Waals surface area contributed by atoms with Gasteiger partial charge in [0.1, 0.15) is 0 Å². The van der Waals surface area contributed by atoms with Gasteiger partial charge in [-0.2, -0.15) is 0 Å². The fourth-order valence-electron chi connectivity index (χ4n) is 4.60. The summed E-state index contributed by atoms with van der Waals surface area (Å²) in [5, 5.41) is 3.80. The normalized spacial score (nSPS) is 33.7. The topological polar surface area (TPSA) is 15.3 Å². The van der Waals surface area contributed by atoms with Crippen LogP contribution in [0.4, 0.5) is 0 Å². The first kappa shape index (κ1) is 13.8. The largest absolute Gasteiger partial charge is 0.309 e. The molecular formula is C19H28N2. The van der Waals surface area contributed by atoms with Crippen molar-refractivity contribution in [3.63, 3.8) is 0 Å². The minimum atomic E-state index is 0.381. The molecular weight excluding hydrogens is 256 g/mol.